The number of aryl methyl sites for hydroxylation is 1. The van der Waals surface area contributed by atoms with Crippen molar-refractivity contribution in [3.63, 3.8) is 0 Å². The Morgan fingerprint density at radius 3 is 2.39 bits per heavy atom. The van der Waals surface area contributed by atoms with Crippen molar-refractivity contribution >= 4 is 10.9 Å². The number of hydrogen-bond acceptors (Lipinski definition) is 4. The highest BCUT2D eigenvalue weighted by Gasteiger charge is 2.14. The molecule has 0 unspecified atom stereocenters. The molecule has 5 nitrogen and oxygen atoms in total. The molecule has 0 saturated carbocycles. The number of rotatable bonds is 7. The molecule has 0 spiro atoms. The van der Waals surface area contributed by atoms with Crippen LogP contribution in [0.2, 0.25) is 0 Å². The molecule has 1 fully saturated rings. The zero-order valence-electron chi connectivity index (χ0n) is 19.6. The number of methoxy groups -OCH3 is 1. The van der Waals surface area contributed by atoms with Crippen molar-refractivity contribution in [3.8, 4) is 28.0 Å². The zero-order chi connectivity index (χ0) is 22.6. The molecule has 170 valence electrons. The number of pyridine rings is 1. The molecular formula is C28H32N4O. The van der Waals surface area contributed by atoms with E-state index in [0.717, 1.165) is 42.0 Å². The number of ether oxygens (including phenoxy) is 1. The lowest BCUT2D eigenvalue weighted by Gasteiger charge is -2.32. The van der Waals surface area contributed by atoms with E-state index >= 15 is 0 Å². The Balaban J connectivity index is 1.38. The lowest BCUT2D eigenvalue weighted by atomic mass is 10.0. The van der Waals surface area contributed by atoms with Gasteiger partial charge in [-0.05, 0) is 49.8 Å². The van der Waals surface area contributed by atoms with E-state index in [9.17, 15) is 0 Å². The summed E-state index contributed by atoms with van der Waals surface area (Å²) in [5.74, 6) is 0.863. The molecule has 1 aliphatic heterocycles. The highest BCUT2D eigenvalue weighted by molar-refractivity contribution is 5.96. The van der Waals surface area contributed by atoms with E-state index in [2.05, 4.69) is 75.1 Å². The van der Waals surface area contributed by atoms with Crippen molar-refractivity contribution in [3.05, 3.63) is 73.2 Å². The Kier molecular flexibility index (Phi) is 6.42. The molecule has 5 rings (SSSR count). The SMILES string of the molecule is COc1ccc(-c2cncc(-c3cn(CCCN4CCN(C)CC4)c4ccccc34)c2)cc1. The predicted molar refractivity (Wildman–Crippen MR) is 136 cm³/mol. The summed E-state index contributed by atoms with van der Waals surface area (Å²) >= 11 is 0. The van der Waals surface area contributed by atoms with Gasteiger partial charge < -0.3 is 19.1 Å². The van der Waals surface area contributed by atoms with E-state index in [-0.39, 0.29) is 0 Å². The average molecular weight is 441 g/mol. The van der Waals surface area contributed by atoms with E-state index < -0.39 is 0 Å². The van der Waals surface area contributed by atoms with Gasteiger partial charge in [-0.25, -0.2) is 0 Å². The minimum atomic E-state index is 0.863. The second-order valence-corrected chi connectivity index (χ2v) is 8.94. The quantitative estimate of drug-likeness (QED) is 0.404. The van der Waals surface area contributed by atoms with Gasteiger partial charge in [0.15, 0.2) is 0 Å². The Labute approximate surface area is 196 Å². The van der Waals surface area contributed by atoms with Crippen molar-refractivity contribution in [1.29, 1.82) is 0 Å². The number of benzene rings is 2. The van der Waals surface area contributed by atoms with Gasteiger partial charge in [0.05, 0.1) is 7.11 Å². The maximum atomic E-state index is 5.30. The Morgan fingerprint density at radius 2 is 1.61 bits per heavy atom. The average Bonchev–Trinajstić information content (AvgIpc) is 3.24. The van der Waals surface area contributed by atoms with Crippen molar-refractivity contribution in [2.24, 2.45) is 0 Å². The highest BCUT2D eigenvalue weighted by atomic mass is 16.5. The summed E-state index contributed by atoms with van der Waals surface area (Å²) in [6.45, 7) is 6.89. The molecule has 0 atom stereocenters. The third kappa shape index (κ3) is 4.80. The molecule has 0 radical (unpaired) electrons. The van der Waals surface area contributed by atoms with Crippen LogP contribution in [0.4, 0.5) is 0 Å². The predicted octanol–water partition coefficient (Wildman–Crippen LogP) is 5.02. The van der Waals surface area contributed by atoms with E-state index in [1.807, 2.05) is 24.5 Å². The fourth-order valence-corrected chi connectivity index (χ4v) is 4.73. The summed E-state index contributed by atoms with van der Waals surface area (Å²) in [6.07, 6.45) is 7.37. The van der Waals surface area contributed by atoms with E-state index in [4.69, 9.17) is 4.74 Å². The lowest BCUT2D eigenvalue weighted by molar-refractivity contribution is 0.151. The summed E-state index contributed by atoms with van der Waals surface area (Å²) in [4.78, 5) is 9.58. The highest BCUT2D eigenvalue weighted by Crippen LogP contribution is 2.33. The second-order valence-electron chi connectivity index (χ2n) is 8.94. The van der Waals surface area contributed by atoms with Gasteiger partial charge in [0, 0.05) is 78.9 Å². The molecular weight excluding hydrogens is 408 g/mol. The van der Waals surface area contributed by atoms with Crippen LogP contribution in [0.3, 0.4) is 0 Å². The van der Waals surface area contributed by atoms with Crippen molar-refractivity contribution in [2.45, 2.75) is 13.0 Å². The molecule has 1 saturated heterocycles. The number of fused-ring (bicyclic) bond motifs is 1. The first kappa shape index (κ1) is 21.7. The molecule has 4 aromatic rings. The van der Waals surface area contributed by atoms with Gasteiger partial charge in [-0.2, -0.15) is 0 Å². The Morgan fingerprint density at radius 1 is 0.848 bits per heavy atom. The lowest BCUT2D eigenvalue weighted by Crippen LogP contribution is -2.44. The maximum absolute atomic E-state index is 5.30. The van der Waals surface area contributed by atoms with Crippen molar-refractivity contribution in [2.75, 3.05) is 46.9 Å². The third-order valence-corrected chi connectivity index (χ3v) is 6.73. The molecule has 2 aromatic carbocycles. The van der Waals surface area contributed by atoms with Crippen LogP contribution in [0.5, 0.6) is 5.75 Å². The van der Waals surface area contributed by atoms with Crippen LogP contribution in [0.15, 0.2) is 73.2 Å². The summed E-state index contributed by atoms with van der Waals surface area (Å²) in [5.41, 5.74) is 5.94. The first-order valence-corrected chi connectivity index (χ1v) is 11.8. The monoisotopic (exact) mass is 440 g/mol. The van der Waals surface area contributed by atoms with Crippen LogP contribution in [0.25, 0.3) is 33.2 Å². The standard InChI is InChI=1S/C28H32N4O/c1-30-14-16-31(17-15-30)12-5-13-32-21-27(26-6-3-4-7-28(26)32)24-18-23(19-29-20-24)22-8-10-25(33-2)11-9-22/h3-4,6-11,18-21H,5,12-17H2,1-2H3. The summed E-state index contributed by atoms with van der Waals surface area (Å²) < 4.78 is 7.72. The topological polar surface area (TPSA) is 33.5 Å². The van der Waals surface area contributed by atoms with E-state index in [1.54, 1.807) is 7.11 Å². The van der Waals surface area contributed by atoms with Crippen LogP contribution < -0.4 is 4.74 Å². The van der Waals surface area contributed by atoms with E-state index in [0.29, 0.717) is 0 Å². The van der Waals surface area contributed by atoms with Gasteiger partial charge in [-0.15, -0.1) is 0 Å². The summed E-state index contributed by atoms with van der Waals surface area (Å²) in [7, 11) is 3.90. The smallest absolute Gasteiger partial charge is 0.118 e. The van der Waals surface area contributed by atoms with Crippen molar-refractivity contribution in [1.82, 2.24) is 19.4 Å². The summed E-state index contributed by atoms with van der Waals surface area (Å²) in [6, 6.07) is 19.1. The molecule has 0 bridgehead atoms. The minimum absolute atomic E-state index is 0.863. The molecule has 0 aliphatic carbocycles. The number of hydrogen-bond donors (Lipinski definition) is 0. The van der Waals surface area contributed by atoms with Gasteiger partial charge in [0.1, 0.15) is 5.75 Å². The van der Waals surface area contributed by atoms with Crippen molar-refractivity contribution < 1.29 is 4.74 Å². The fraction of sp³-hybridized carbons (Fsp3) is 0.321. The van der Waals surface area contributed by atoms with Crippen LogP contribution >= 0.6 is 0 Å². The second kappa shape index (κ2) is 9.77. The number of para-hydroxylation sites is 1. The maximum Gasteiger partial charge on any atom is 0.118 e. The molecule has 1 aliphatic rings. The molecule has 33 heavy (non-hydrogen) atoms. The number of likely N-dealkylation sites (N-methyl/N-ethyl adjacent to an activating group) is 1. The van der Waals surface area contributed by atoms with Gasteiger partial charge >= 0.3 is 0 Å². The van der Waals surface area contributed by atoms with Crippen LogP contribution in [-0.4, -0.2) is 66.2 Å². The zero-order valence-corrected chi connectivity index (χ0v) is 19.6. The number of nitrogens with zero attached hydrogens (tertiary/aromatic N) is 4. The Bertz CT molecular complexity index is 1210. The van der Waals surface area contributed by atoms with Gasteiger partial charge in [0.2, 0.25) is 0 Å². The van der Waals surface area contributed by atoms with Crippen LogP contribution in [-0.2, 0) is 6.54 Å². The van der Waals surface area contributed by atoms with Gasteiger partial charge in [-0.1, -0.05) is 30.3 Å². The van der Waals surface area contributed by atoms with Gasteiger partial charge in [-0.3, -0.25) is 4.98 Å². The fourth-order valence-electron chi connectivity index (χ4n) is 4.73. The largest absolute Gasteiger partial charge is 0.497 e. The van der Waals surface area contributed by atoms with E-state index in [1.165, 1.54) is 42.6 Å². The van der Waals surface area contributed by atoms with Gasteiger partial charge in [0.25, 0.3) is 0 Å². The third-order valence-electron chi connectivity index (χ3n) is 6.73. The number of aromatic nitrogens is 2. The first-order chi connectivity index (χ1) is 16.2. The minimum Gasteiger partial charge on any atom is -0.497 e. The normalized spacial score (nSPS) is 15.2. The molecule has 2 aromatic heterocycles. The van der Waals surface area contributed by atoms with Crippen LogP contribution in [0.1, 0.15) is 6.42 Å². The Hall–Kier alpha value is -3.15. The molecule has 5 heteroatoms. The number of piperazine rings is 1. The molecule has 0 N–H and O–H groups in total. The first-order valence-electron chi connectivity index (χ1n) is 11.8. The molecule has 0 amide bonds. The molecule has 3 heterocycles. The van der Waals surface area contributed by atoms with Crippen LogP contribution in [0, 0.1) is 0 Å². The summed E-state index contributed by atoms with van der Waals surface area (Å²) in [5, 5.41) is 1.28.